The highest BCUT2D eigenvalue weighted by Crippen LogP contribution is 2.06. The average molecular weight is 242 g/mol. The van der Waals surface area contributed by atoms with Gasteiger partial charge < -0.3 is 5.32 Å². The normalized spacial score (nSPS) is 12.4. The number of anilines is 1. The molecule has 0 bridgehead atoms. The van der Waals surface area contributed by atoms with E-state index in [1.165, 1.54) is 0 Å². The molecule has 0 radical (unpaired) electrons. The number of nitrogens with one attached hydrogen (secondary N) is 1. The van der Waals surface area contributed by atoms with Crippen LogP contribution in [-0.4, -0.2) is 37.9 Å². The third-order valence-electron chi connectivity index (χ3n) is 2.18. The highest BCUT2D eigenvalue weighted by molar-refractivity contribution is 7.84. The minimum Gasteiger partial charge on any atom is -0.352 e. The van der Waals surface area contributed by atoms with Gasteiger partial charge in [0.25, 0.3) is 0 Å². The van der Waals surface area contributed by atoms with Crippen molar-refractivity contribution in [2.75, 3.05) is 23.9 Å². The molecule has 0 aromatic carbocycles. The van der Waals surface area contributed by atoms with Crippen molar-refractivity contribution in [1.29, 1.82) is 0 Å². The van der Waals surface area contributed by atoms with Crippen molar-refractivity contribution in [1.82, 2.24) is 15.2 Å². The molecule has 0 aliphatic rings. The molecule has 0 saturated carbocycles. The van der Waals surface area contributed by atoms with Gasteiger partial charge in [0.05, 0.1) is 11.4 Å². The summed E-state index contributed by atoms with van der Waals surface area (Å²) in [5.41, 5.74) is 1.93. The fourth-order valence-corrected chi connectivity index (χ4v) is 1.71. The highest BCUT2D eigenvalue weighted by Gasteiger charge is 2.05. The van der Waals surface area contributed by atoms with Gasteiger partial charge in [0.2, 0.25) is 5.95 Å². The molecule has 1 atom stereocenters. The molecule has 0 saturated heterocycles. The molecule has 0 aliphatic carbocycles. The number of aromatic nitrogens is 3. The Labute approximate surface area is 98.5 Å². The van der Waals surface area contributed by atoms with Crippen LogP contribution in [0.2, 0.25) is 0 Å². The molecule has 1 rings (SSSR count). The smallest absolute Gasteiger partial charge is 0.243 e. The first-order valence-electron chi connectivity index (χ1n) is 5.43. The van der Waals surface area contributed by atoms with E-state index in [1.807, 2.05) is 13.8 Å². The van der Waals surface area contributed by atoms with Crippen LogP contribution in [0.1, 0.15) is 25.2 Å². The van der Waals surface area contributed by atoms with Crippen molar-refractivity contribution in [3.05, 3.63) is 11.4 Å². The second-order valence-electron chi connectivity index (χ2n) is 3.44. The van der Waals surface area contributed by atoms with Gasteiger partial charge in [-0.05, 0) is 12.8 Å². The predicted octanol–water partition coefficient (Wildman–Crippen LogP) is 0.787. The molecule has 1 N–H and O–H groups in total. The third kappa shape index (κ3) is 3.84. The molecule has 1 aromatic rings. The fourth-order valence-electron chi connectivity index (χ4n) is 1.32. The van der Waals surface area contributed by atoms with Crippen molar-refractivity contribution >= 4 is 16.7 Å². The van der Waals surface area contributed by atoms with Crippen molar-refractivity contribution in [3.63, 3.8) is 0 Å². The maximum absolute atomic E-state index is 10.9. The first kappa shape index (κ1) is 13.0. The SMILES string of the molecule is CCc1nnc(NCCS(C)=O)nc1CC. The first-order chi connectivity index (χ1) is 7.67. The summed E-state index contributed by atoms with van der Waals surface area (Å²) in [4.78, 5) is 4.38. The maximum atomic E-state index is 10.9. The van der Waals surface area contributed by atoms with Gasteiger partial charge in [-0.25, -0.2) is 4.98 Å². The van der Waals surface area contributed by atoms with E-state index in [9.17, 15) is 4.21 Å². The summed E-state index contributed by atoms with van der Waals surface area (Å²) in [5, 5.41) is 11.1. The summed E-state index contributed by atoms with van der Waals surface area (Å²) in [7, 11) is -0.791. The Morgan fingerprint density at radius 2 is 1.88 bits per heavy atom. The van der Waals surface area contributed by atoms with Crippen molar-refractivity contribution in [2.45, 2.75) is 26.7 Å². The topological polar surface area (TPSA) is 67.8 Å². The van der Waals surface area contributed by atoms with Crippen molar-refractivity contribution in [3.8, 4) is 0 Å². The molecule has 1 aromatic heterocycles. The van der Waals surface area contributed by atoms with E-state index in [0.717, 1.165) is 24.2 Å². The molecule has 6 heteroatoms. The Balaban J connectivity index is 2.64. The van der Waals surface area contributed by atoms with Crippen molar-refractivity contribution in [2.24, 2.45) is 0 Å². The minimum atomic E-state index is -0.791. The van der Waals surface area contributed by atoms with Crippen LogP contribution < -0.4 is 5.32 Å². The summed E-state index contributed by atoms with van der Waals surface area (Å²) in [5.74, 6) is 1.12. The van der Waals surface area contributed by atoms with E-state index >= 15 is 0 Å². The van der Waals surface area contributed by atoms with Gasteiger partial charge in [-0.1, -0.05) is 13.8 Å². The Morgan fingerprint density at radius 3 is 2.44 bits per heavy atom. The molecule has 5 nitrogen and oxygen atoms in total. The van der Waals surface area contributed by atoms with Crippen LogP contribution in [0.5, 0.6) is 0 Å². The van der Waals surface area contributed by atoms with Crippen LogP contribution in [0.3, 0.4) is 0 Å². The van der Waals surface area contributed by atoms with E-state index in [2.05, 4.69) is 20.5 Å². The van der Waals surface area contributed by atoms with E-state index in [4.69, 9.17) is 0 Å². The molecule has 90 valence electrons. The van der Waals surface area contributed by atoms with Crippen molar-refractivity contribution < 1.29 is 4.21 Å². The van der Waals surface area contributed by atoms with Gasteiger partial charge in [0, 0.05) is 29.4 Å². The van der Waals surface area contributed by atoms with Crippen LogP contribution in [0.15, 0.2) is 0 Å². The Morgan fingerprint density at radius 1 is 1.19 bits per heavy atom. The lowest BCUT2D eigenvalue weighted by Crippen LogP contribution is -2.14. The van der Waals surface area contributed by atoms with E-state index in [-0.39, 0.29) is 0 Å². The molecule has 0 spiro atoms. The van der Waals surface area contributed by atoms with Gasteiger partial charge in [0.15, 0.2) is 0 Å². The van der Waals surface area contributed by atoms with E-state index < -0.39 is 10.8 Å². The lowest BCUT2D eigenvalue weighted by Gasteiger charge is -2.06. The Hall–Kier alpha value is -1.04. The van der Waals surface area contributed by atoms with Gasteiger partial charge in [-0.2, -0.15) is 5.10 Å². The lowest BCUT2D eigenvalue weighted by molar-refractivity contribution is 0.686. The summed E-state index contributed by atoms with van der Waals surface area (Å²) in [6.07, 6.45) is 3.38. The quantitative estimate of drug-likeness (QED) is 0.798. The molecule has 1 unspecified atom stereocenters. The zero-order valence-electron chi connectivity index (χ0n) is 9.99. The average Bonchev–Trinajstić information content (AvgIpc) is 2.28. The Kier molecular flexibility index (Phi) is 5.31. The fraction of sp³-hybridized carbons (Fsp3) is 0.700. The van der Waals surface area contributed by atoms with Crippen LogP contribution in [0.25, 0.3) is 0 Å². The van der Waals surface area contributed by atoms with Crippen LogP contribution in [0, 0.1) is 0 Å². The van der Waals surface area contributed by atoms with E-state index in [0.29, 0.717) is 18.2 Å². The zero-order chi connectivity index (χ0) is 12.0. The van der Waals surface area contributed by atoms with Crippen LogP contribution >= 0.6 is 0 Å². The molecule has 16 heavy (non-hydrogen) atoms. The number of hydrogen-bond donors (Lipinski definition) is 1. The monoisotopic (exact) mass is 242 g/mol. The standard InChI is InChI=1S/C10H18N4OS/c1-4-8-9(5-2)13-14-10(12-8)11-6-7-16(3)15/h4-7H2,1-3H3,(H,11,12,14). The molecule has 1 heterocycles. The third-order valence-corrected chi connectivity index (χ3v) is 2.96. The number of rotatable bonds is 6. The minimum absolute atomic E-state index is 0.527. The first-order valence-corrected chi connectivity index (χ1v) is 7.16. The molecule has 0 aliphatic heterocycles. The van der Waals surface area contributed by atoms with Gasteiger partial charge in [0.1, 0.15) is 0 Å². The summed E-state index contributed by atoms with van der Waals surface area (Å²) in [6.45, 7) is 4.70. The molecule has 0 amide bonds. The molecular formula is C10H18N4OS. The largest absolute Gasteiger partial charge is 0.352 e. The second kappa shape index (κ2) is 6.52. The maximum Gasteiger partial charge on any atom is 0.243 e. The van der Waals surface area contributed by atoms with Gasteiger partial charge >= 0.3 is 0 Å². The number of nitrogens with zero attached hydrogens (tertiary/aromatic N) is 3. The predicted molar refractivity (Wildman–Crippen MR) is 66.0 cm³/mol. The Bertz CT molecular complexity index is 370. The van der Waals surface area contributed by atoms with E-state index in [1.54, 1.807) is 6.26 Å². The van der Waals surface area contributed by atoms with Gasteiger partial charge in [-0.3, -0.25) is 4.21 Å². The summed E-state index contributed by atoms with van der Waals surface area (Å²) < 4.78 is 10.9. The van der Waals surface area contributed by atoms with Gasteiger partial charge in [-0.15, -0.1) is 5.10 Å². The number of hydrogen-bond acceptors (Lipinski definition) is 5. The highest BCUT2D eigenvalue weighted by atomic mass is 32.2. The lowest BCUT2D eigenvalue weighted by atomic mass is 10.2. The molecular weight excluding hydrogens is 224 g/mol. The zero-order valence-corrected chi connectivity index (χ0v) is 10.8. The summed E-state index contributed by atoms with van der Waals surface area (Å²) >= 11 is 0. The van der Waals surface area contributed by atoms with Crippen LogP contribution in [0.4, 0.5) is 5.95 Å². The second-order valence-corrected chi connectivity index (χ2v) is 4.99. The number of aryl methyl sites for hydroxylation is 2. The summed E-state index contributed by atoms with van der Waals surface area (Å²) in [6, 6.07) is 0. The van der Waals surface area contributed by atoms with Crippen LogP contribution in [-0.2, 0) is 23.6 Å². The molecule has 0 fully saturated rings.